The second-order valence-corrected chi connectivity index (χ2v) is 6.54. The van der Waals surface area contributed by atoms with Gasteiger partial charge in [0.1, 0.15) is 11.6 Å². The van der Waals surface area contributed by atoms with Crippen LogP contribution in [0, 0.1) is 5.82 Å². The summed E-state index contributed by atoms with van der Waals surface area (Å²) >= 11 is 9.05. The fourth-order valence-corrected chi connectivity index (χ4v) is 3.09. The number of aromatic nitrogens is 2. The van der Waals surface area contributed by atoms with Crippen LogP contribution in [0.4, 0.5) is 24.7 Å². The number of fused-ring (bicyclic) bond motifs is 1. The number of hydrogen-bond donors (Lipinski definition) is 1. The van der Waals surface area contributed by atoms with Gasteiger partial charge >= 0.3 is 5.69 Å². The molecule has 1 heterocycles. The number of hydrogen-bond acceptors (Lipinski definition) is 3. The predicted octanol–water partition coefficient (Wildman–Crippen LogP) is 4.88. The van der Waals surface area contributed by atoms with Gasteiger partial charge in [0.25, 0.3) is 6.43 Å². The molecule has 0 aliphatic rings. The first kappa shape index (κ1) is 17.8. The van der Waals surface area contributed by atoms with E-state index in [0.717, 1.165) is 11.0 Å². The van der Waals surface area contributed by atoms with Gasteiger partial charge in [-0.1, -0.05) is 27.5 Å². The van der Waals surface area contributed by atoms with Crippen molar-refractivity contribution in [2.24, 2.45) is 0 Å². The molecule has 25 heavy (non-hydrogen) atoms. The molecule has 0 saturated heterocycles. The van der Waals surface area contributed by atoms with E-state index in [0.29, 0.717) is 20.4 Å². The van der Waals surface area contributed by atoms with Crippen LogP contribution in [-0.2, 0) is 0 Å². The molecule has 0 aliphatic heterocycles. The van der Waals surface area contributed by atoms with Crippen LogP contribution in [0.1, 0.15) is 0 Å². The average Bonchev–Trinajstić information content (AvgIpc) is 2.50. The molecule has 9 heteroatoms. The van der Waals surface area contributed by atoms with E-state index in [1.54, 1.807) is 12.1 Å². The fourth-order valence-electron chi connectivity index (χ4n) is 2.47. The molecular weight excluding hydrogens is 423 g/mol. The lowest BCUT2D eigenvalue weighted by Crippen LogP contribution is -2.27. The highest BCUT2D eigenvalue weighted by molar-refractivity contribution is 9.10. The van der Waals surface area contributed by atoms with E-state index in [-0.39, 0.29) is 11.5 Å². The lowest BCUT2D eigenvalue weighted by molar-refractivity contribution is 0.158. The van der Waals surface area contributed by atoms with Crippen LogP contribution in [-0.4, -0.2) is 22.9 Å². The van der Waals surface area contributed by atoms with Crippen molar-refractivity contribution in [2.45, 2.75) is 6.43 Å². The van der Waals surface area contributed by atoms with Gasteiger partial charge in [-0.05, 0) is 36.4 Å². The van der Waals surface area contributed by atoms with Crippen LogP contribution in [0.2, 0.25) is 5.02 Å². The molecule has 0 radical (unpaired) electrons. The van der Waals surface area contributed by atoms with Crippen LogP contribution in [0.25, 0.3) is 10.9 Å². The maximum Gasteiger partial charge on any atom is 0.347 e. The largest absolute Gasteiger partial charge is 0.347 e. The molecule has 0 unspecified atom stereocenters. The zero-order valence-corrected chi connectivity index (χ0v) is 14.8. The first-order chi connectivity index (χ1) is 11.8. The number of halogens is 5. The SMILES string of the molecule is O=c1nc(N(CC(F)F)c2cc(F)cc(Br)c2)c2ccc(Cl)cc2[nH]1. The molecule has 0 atom stereocenters. The summed E-state index contributed by atoms with van der Waals surface area (Å²) < 4.78 is 40.4. The van der Waals surface area contributed by atoms with Gasteiger partial charge in [-0.3, -0.25) is 0 Å². The average molecular weight is 433 g/mol. The highest BCUT2D eigenvalue weighted by atomic mass is 79.9. The molecule has 130 valence electrons. The number of H-pyrrole nitrogens is 1. The first-order valence-corrected chi connectivity index (χ1v) is 8.22. The molecule has 0 amide bonds. The number of nitrogens with zero attached hydrogens (tertiary/aromatic N) is 2. The van der Waals surface area contributed by atoms with Gasteiger partial charge in [0.15, 0.2) is 0 Å². The number of anilines is 2. The summed E-state index contributed by atoms with van der Waals surface area (Å²) in [6.45, 7) is -0.760. The lowest BCUT2D eigenvalue weighted by atomic mass is 10.2. The minimum Gasteiger partial charge on any atom is -0.320 e. The molecule has 2 aromatic carbocycles. The van der Waals surface area contributed by atoms with E-state index in [4.69, 9.17) is 11.6 Å². The summed E-state index contributed by atoms with van der Waals surface area (Å²) in [4.78, 5) is 19.3. The Hall–Kier alpha value is -2.06. The third-order valence-electron chi connectivity index (χ3n) is 3.41. The topological polar surface area (TPSA) is 49.0 Å². The smallest absolute Gasteiger partial charge is 0.320 e. The molecule has 3 rings (SSSR count). The Bertz CT molecular complexity index is 976. The van der Waals surface area contributed by atoms with Gasteiger partial charge in [0.05, 0.1) is 12.1 Å². The summed E-state index contributed by atoms with van der Waals surface area (Å²) in [7, 11) is 0. The zero-order chi connectivity index (χ0) is 18.1. The van der Waals surface area contributed by atoms with Crippen molar-refractivity contribution >= 4 is 49.9 Å². The Balaban J connectivity index is 2.26. The van der Waals surface area contributed by atoms with Crippen molar-refractivity contribution in [3.8, 4) is 0 Å². The van der Waals surface area contributed by atoms with Crippen molar-refractivity contribution < 1.29 is 13.2 Å². The number of rotatable bonds is 4. The van der Waals surface area contributed by atoms with Gasteiger partial charge in [-0.25, -0.2) is 18.0 Å². The quantitative estimate of drug-likeness (QED) is 0.639. The lowest BCUT2D eigenvalue weighted by Gasteiger charge is -2.24. The molecule has 1 aromatic heterocycles. The van der Waals surface area contributed by atoms with Crippen LogP contribution in [0.15, 0.2) is 45.7 Å². The highest BCUT2D eigenvalue weighted by Crippen LogP contribution is 2.32. The van der Waals surface area contributed by atoms with Gasteiger partial charge in [0, 0.05) is 20.6 Å². The van der Waals surface area contributed by atoms with E-state index in [2.05, 4.69) is 25.9 Å². The Morgan fingerprint density at radius 3 is 2.68 bits per heavy atom. The number of nitrogens with one attached hydrogen (secondary N) is 1. The Morgan fingerprint density at radius 1 is 1.24 bits per heavy atom. The standard InChI is InChI=1S/C16H10BrClF3N3O/c17-8-3-10(19)6-11(4-8)24(7-14(20)21)15-12-2-1-9(18)5-13(12)22-16(25)23-15/h1-6,14H,7H2,(H,22,23,25). The summed E-state index contributed by atoms with van der Waals surface area (Å²) in [6, 6.07) is 8.37. The van der Waals surface area contributed by atoms with Gasteiger partial charge < -0.3 is 9.88 Å². The molecule has 0 fully saturated rings. The summed E-state index contributed by atoms with van der Waals surface area (Å²) in [5.41, 5.74) is -0.238. The van der Waals surface area contributed by atoms with E-state index >= 15 is 0 Å². The van der Waals surface area contributed by atoms with Crippen molar-refractivity contribution in [1.29, 1.82) is 0 Å². The molecule has 4 nitrogen and oxygen atoms in total. The number of aromatic amines is 1. The minimum atomic E-state index is -2.73. The zero-order valence-electron chi connectivity index (χ0n) is 12.4. The molecular formula is C16H10BrClF3N3O. The predicted molar refractivity (Wildman–Crippen MR) is 94.5 cm³/mol. The monoisotopic (exact) mass is 431 g/mol. The molecule has 0 aliphatic carbocycles. The van der Waals surface area contributed by atoms with Gasteiger partial charge in [0.2, 0.25) is 0 Å². The van der Waals surface area contributed by atoms with E-state index in [1.165, 1.54) is 18.2 Å². The third kappa shape index (κ3) is 3.96. The van der Waals surface area contributed by atoms with Crippen molar-refractivity contribution in [1.82, 2.24) is 9.97 Å². The maximum absolute atomic E-state index is 13.7. The molecule has 1 N–H and O–H groups in total. The van der Waals surface area contributed by atoms with E-state index < -0.39 is 24.5 Å². The summed E-state index contributed by atoms with van der Waals surface area (Å²) in [6.07, 6.45) is -2.73. The second kappa shape index (κ2) is 7.05. The second-order valence-electron chi connectivity index (χ2n) is 5.18. The van der Waals surface area contributed by atoms with Crippen molar-refractivity contribution in [3.63, 3.8) is 0 Å². The van der Waals surface area contributed by atoms with Gasteiger partial charge in [-0.15, -0.1) is 0 Å². The molecule has 0 bridgehead atoms. The first-order valence-electron chi connectivity index (χ1n) is 7.05. The molecule has 0 saturated carbocycles. The Kier molecular flexibility index (Phi) is 5.01. The normalized spacial score (nSPS) is 11.3. The van der Waals surface area contributed by atoms with E-state index in [1.807, 2.05) is 0 Å². The fraction of sp³-hybridized carbons (Fsp3) is 0.125. The molecule has 3 aromatic rings. The third-order valence-corrected chi connectivity index (χ3v) is 4.10. The van der Waals surface area contributed by atoms with Crippen LogP contribution in [0.3, 0.4) is 0 Å². The Labute approximate surface area is 153 Å². The van der Waals surface area contributed by atoms with E-state index in [9.17, 15) is 18.0 Å². The van der Waals surface area contributed by atoms with Crippen LogP contribution < -0.4 is 10.6 Å². The van der Waals surface area contributed by atoms with Crippen LogP contribution >= 0.6 is 27.5 Å². The minimum absolute atomic E-state index is 0.00628. The summed E-state index contributed by atoms with van der Waals surface area (Å²) in [5, 5.41) is 0.777. The van der Waals surface area contributed by atoms with Crippen molar-refractivity contribution in [2.75, 3.05) is 11.4 Å². The molecule has 0 spiro atoms. The van der Waals surface area contributed by atoms with Crippen molar-refractivity contribution in [3.05, 3.63) is 62.2 Å². The Morgan fingerprint density at radius 2 is 2.00 bits per heavy atom. The maximum atomic E-state index is 13.7. The number of alkyl halides is 2. The number of benzene rings is 2. The highest BCUT2D eigenvalue weighted by Gasteiger charge is 2.20. The van der Waals surface area contributed by atoms with Gasteiger partial charge in [-0.2, -0.15) is 4.98 Å². The summed E-state index contributed by atoms with van der Waals surface area (Å²) in [5.74, 6) is -0.617. The van der Waals surface area contributed by atoms with Crippen LogP contribution in [0.5, 0.6) is 0 Å².